The van der Waals surface area contributed by atoms with E-state index in [1.165, 1.54) is 81.2 Å². The molecule has 0 aliphatic rings. The maximum atomic E-state index is 12.5. The van der Waals surface area contributed by atoms with Crippen molar-refractivity contribution in [3.8, 4) is 11.5 Å². The van der Waals surface area contributed by atoms with Gasteiger partial charge >= 0.3 is 0 Å². The first-order valence-electron chi connectivity index (χ1n) is 14.8. The van der Waals surface area contributed by atoms with Crippen molar-refractivity contribution in [1.29, 1.82) is 0 Å². The van der Waals surface area contributed by atoms with Crippen molar-refractivity contribution < 1.29 is 18.8 Å². The minimum Gasteiger partial charge on any atom is -0.490 e. The predicted octanol–water partition coefficient (Wildman–Crippen LogP) is 8.49. The second-order valence-corrected chi connectivity index (χ2v) is 11.4. The van der Waals surface area contributed by atoms with Crippen molar-refractivity contribution in [3.63, 3.8) is 0 Å². The highest BCUT2D eigenvalue weighted by Gasteiger charge is 2.10. The monoisotopic (exact) mass is 551 g/mol. The van der Waals surface area contributed by atoms with E-state index >= 15 is 0 Å². The molecule has 1 N–H and O–H groups in total. The number of carbonyl (C=O) groups is 1. The quantitative estimate of drug-likeness (QED) is 0.113. The van der Waals surface area contributed by atoms with Crippen LogP contribution in [0.2, 0.25) is 0 Å². The fourth-order valence-electron chi connectivity index (χ4n) is 4.58. The number of hydrogen-bond acceptors (Lipinski definition) is 4. The first-order chi connectivity index (χ1) is 19.2. The van der Waals surface area contributed by atoms with E-state index in [0.29, 0.717) is 18.1 Å². The summed E-state index contributed by atoms with van der Waals surface area (Å²) >= 11 is 1.73. The van der Waals surface area contributed by atoms with E-state index < -0.39 is 0 Å². The molecule has 1 heterocycles. The molecule has 1 aromatic heterocycles. The summed E-state index contributed by atoms with van der Waals surface area (Å²) < 4.78 is 14.0. The number of ether oxygens (including phenoxy) is 2. The molecular weight excluding hydrogens is 504 g/mol. The van der Waals surface area contributed by atoms with Crippen molar-refractivity contribution in [1.82, 2.24) is 0 Å². The number of nitrogens with one attached hydrogen (secondary N) is 1. The average Bonchev–Trinajstić information content (AvgIpc) is 3.35. The highest BCUT2D eigenvalue weighted by Crippen LogP contribution is 2.27. The Morgan fingerprint density at radius 2 is 1.38 bits per heavy atom. The zero-order chi connectivity index (χ0) is 27.5. The van der Waals surface area contributed by atoms with Crippen molar-refractivity contribution in [3.05, 3.63) is 70.7 Å². The number of aryl methyl sites for hydroxylation is 1. The number of hydrogen-bond donors (Lipinski definition) is 1. The molecule has 0 atom stereocenters. The van der Waals surface area contributed by atoms with Crippen LogP contribution in [0.4, 0.5) is 5.69 Å². The first-order valence-corrected chi connectivity index (χ1v) is 15.7. The summed E-state index contributed by atoms with van der Waals surface area (Å²) in [7, 11) is 0. The topological polar surface area (TPSA) is 51.4 Å². The van der Waals surface area contributed by atoms with Crippen LogP contribution >= 0.6 is 11.3 Å². The third-order valence-electron chi connectivity index (χ3n) is 6.94. The van der Waals surface area contributed by atoms with Gasteiger partial charge in [-0.05, 0) is 30.7 Å². The second-order valence-electron chi connectivity index (χ2n) is 10.3. The molecule has 0 fully saturated rings. The number of amides is 1. The normalized spacial score (nSPS) is 10.9. The maximum absolute atomic E-state index is 12.5. The molecule has 0 aliphatic carbocycles. The molecule has 0 unspecified atom stereocenters. The zero-order valence-corrected chi connectivity index (χ0v) is 24.8. The van der Waals surface area contributed by atoms with Crippen molar-refractivity contribution >= 4 is 22.9 Å². The minimum absolute atomic E-state index is 0.0648. The lowest BCUT2D eigenvalue weighted by Gasteiger charge is -2.13. The molecule has 6 heteroatoms. The molecule has 3 rings (SSSR count). The van der Waals surface area contributed by atoms with Crippen LogP contribution < -0.4 is 19.4 Å². The van der Waals surface area contributed by atoms with Crippen LogP contribution in [0, 0.1) is 6.92 Å². The van der Waals surface area contributed by atoms with Gasteiger partial charge in [0.2, 0.25) is 5.01 Å². The van der Waals surface area contributed by atoms with Gasteiger partial charge in [-0.3, -0.25) is 4.79 Å². The van der Waals surface area contributed by atoms with E-state index in [1.54, 1.807) is 11.3 Å². The van der Waals surface area contributed by atoms with Gasteiger partial charge in [0.25, 0.3) is 5.91 Å². The lowest BCUT2D eigenvalue weighted by Crippen LogP contribution is -2.34. The van der Waals surface area contributed by atoms with Crippen LogP contribution in [0.3, 0.4) is 0 Å². The number of rotatable bonds is 20. The minimum atomic E-state index is -0.193. The first kappa shape index (κ1) is 30.7. The lowest BCUT2D eigenvalue weighted by atomic mass is 10.1. The van der Waals surface area contributed by atoms with Crippen LogP contribution in [0.5, 0.6) is 11.5 Å². The van der Waals surface area contributed by atoms with Crippen molar-refractivity contribution in [2.45, 2.75) is 97.4 Å². The molecule has 0 spiro atoms. The fraction of sp³-hybridized carbons (Fsp3) is 0.515. The maximum Gasteiger partial charge on any atom is 0.262 e. The molecule has 3 aromatic rings. The van der Waals surface area contributed by atoms with E-state index in [2.05, 4.69) is 35.3 Å². The van der Waals surface area contributed by atoms with Crippen LogP contribution in [-0.2, 0) is 11.3 Å². The molecule has 39 heavy (non-hydrogen) atoms. The Morgan fingerprint density at radius 1 is 0.795 bits per heavy atom. The number of aromatic nitrogens is 1. The summed E-state index contributed by atoms with van der Waals surface area (Å²) in [5.41, 5.74) is 1.95. The number of benzene rings is 2. The molecule has 0 saturated heterocycles. The van der Waals surface area contributed by atoms with Crippen LogP contribution in [0.15, 0.2) is 60.1 Å². The summed E-state index contributed by atoms with van der Waals surface area (Å²) in [5.74, 6) is 1.10. The number of anilines is 1. The Balaban J connectivity index is 1.28. The molecule has 2 aromatic carbocycles. The van der Waals surface area contributed by atoms with Gasteiger partial charge in [0.15, 0.2) is 30.8 Å². The Bertz CT molecular complexity index is 1080. The summed E-state index contributed by atoms with van der Waals surface area (Å²) in [6.07, 6.45) is 17.9. The highest BCUT2D eigenvalue weighted by atomic mass is 32.1. The summed E-state index contributed by atoms with van der Waals surface area (Å²) in [5, 5.41) is 6.27. The molecule has 0 bridgehead atoms. The summed E-state index contributed by atoms with van der Waals surface area (Å²) in [6.45, 7) is 5.81. The number of para-hydroxylation sites is 2. The van der Waals surface area contributed by atoms with Gasteiger partial charge in [0.05, 0.1) is 12.0 Å². The second kappa shape index (κ2) is 18.4. The summed E-state index contributed by atoms with van der Waals surface area (Å²) in [6, 6.07) is 15.5. The van der Waals surface area contributed by atoms with Crippen LogP contribution in [0.25, 0.3) is 0 Å². The van der Waals surface area contributed by atoms with Gasteiger partial charge in [0.1, 0.15) is 0 Å². The van der Waals surface area contributed by atoms with Gasteiger partial charge in [-0.15, -0.1) is 0 Å². The SMILES string of the molecule is CCCCCCCCCCCCCCOc1ccccc1OCC(=O)Nc1ccc(C[n+]2ccsc2C)cc1. The van der Waals surface area contributed by atoms with Gasteiger partial charge in [-0.1, -0.05) is 113 Å². The molecule has 0 radical (unpaired) electrons. The molecule has 0 saturated carbocycles. The molecule has 5 nitrogen and oxygen atoms in total. The Kier molecular flexibility index (Phi) is 14.5. The Morgan fingerprint density at radius 3 is 1.97 bits per heavy atom. The van der Waals surface area contributed by atoms with Gasteiger partial charge in [-0.2, -0.15) is 4.57 Å². The standard InChI is InChI=1S/C33H46N2O3S/c1-3-4-5-6-7-8-9-10-11-12-13-16-24-37-31-17-14-15-18-32(31)38-27-33(36)34-30-21-19-29(20-22-30)26-35-23-25-39-28(35)2/h14-15,17-23,25H,3-13,16,24,26-27H2,1-2H3/p+1. The number of carbonyl (C=O) groups excluding carboxylic acids is 1. The Hall–Kier alpha value is -2.86. The van der Waals surface area contributed by atoms with E-state index in [-0.39, 0.29) is 12.5 Å². The van der Waals surface area contributed by atoms with E-state index in [0.717, 1.165) is 18.7 Å². The largest absolute Gasteiger partial charge is 0.490 e. The third kappa shape index (κ3) is 12.2. The van der Waals surface area contributed by atoms with E-state index in [9.17, 15) is 4.79 Å². The van der Waals surface area contributed by atoms with Crippen molar-refractivity contribution in [2.24, 2.45) is 0 Å². The predicted molar refractivity (Wildman–Crippen MR) is 162 cm³/mol. The Labute approximate surface area is 239 Å². The molecular formula is C33H47N2O3S+. The van der Waals surface area contributed by atoms with Crippen molar-refractivity contribution in [2.75, 3.05) is 18.5 Å². The van der Waals surface area contributed by atoms with Gasteiger partial charge in [0, 0.05) is 18.2 Å². The van der Waals surface area contributed by atoms with Gasteiger partial charge < -0.3 is 14.8 Å². The number of thiazole rings is 1. The lowest BCUT2D eigenvalue weighted by molar-refractivity contribution is -0.689. The number of nitrogens with zero attached hydrogens (tertiary/aromatic N) is 1. The smallest absolute Gasteiger partial charge is 0.262 e. The third-order valence-corrected chi connectivity index (χ3v) is 7.77. The van der Waals surface area contributed by atoms with Crippen LogP contribution in [-0.4, -0.2) is 19.1 Å². The van der Waals surface area contributed by atoms with Crippen LogP contribution in [0.1, 0.15) is 94.5 Å². The van der Waals surface area contributed by atoms with Gasteiger partial charge in [-0.25, -0.2) is 0 Å². The highest BCUT2D eigenvalue weighted by molar-refractivity contribution is 7.09. The zero-order valence-electron chi connectivity index (χ0n) is 24.0. The van der Waals surface area contributed by atoms with E-state index in [4.69, 9.17) is 9.47 Å². The molecule has 0 aliphatic heterocycles. The van der Waals surface area contributed by atoms with E-state index in [1.807, 2.05) is 48.5 Å². The fourth-order valence-corrected chi connectivity index (χ4v) is 5.25. The molecule has 1 amide bonds. The average molecular weight is 552 g/mol. The molecule has 212 valence electrons. The number of unbranched alkanes of at least 4 members (excludes halogenated alkanes) is 11. The summed E-state index contributed by atoms with van der Waals surface area (Å²) in [4.78, 5) is 12.5.